The zero-order valence-electron chi connectivity index (χ0n) is 4.01. The van der Waals surface area contributed by atoms with Crippen LogP contribution in [-0.2, 0) is 9.59 Å². The van der Waals surface area contributed by atoms with Crippen LogP contribution in [-0.4, -0.2) is 17.2 Å². The minimum absolute atomic E-state index is 0.00731. The molecule has 0 amide bonds. The summed E-state index contributed by atoms with van der Waals surface area (Å²) in [5.41, 5.74) is 0. The molecule has 0 fully saturated rings. The van der Waals surface area contributed by atoms with Gasteiger partial charge in [-0.1, -0.05) is 11.8 Å². The summed E-state index contributed by atoms with van der Waals surface area (Å²) in [6.45, 7) is 1.44. The molecule has 0 N–H and O–H groups in total. The van der Waals surface area contributed by atoms with E-state index in [4.69, 9.17) is 0 Å². The van der Waals surface area contributed by atoms with Gasteiger partial charge in [-0.15, -0.1) is 0 Å². The average Bonchev–Trinajstić information content (AvgIpc) is 1.61. The minimum Gasteiger partial charge on any atom is -0.302 e. The van der Waals surface area contributed by atoms with Gasteiger partial charge in [0.25, 0.3) is 0 Å². The number of aldehydes is 1. The number of rotatable bonds is 2. The Bertz CT molecular complexity index is 79.8. The zero-order chi connectivity index (χ0) is 5.70. The Hall–Kier alpha value is -0.310. The van der Waals surface area contributed by atoms with Crippen molar-refractivity contribution in [3.05, 3.63) is 0 Å². The van der Waals surface area contributed by atoms with Gasteiger partial charge in [0.05, 0.1) is 5.75 Å². The molecule has 3 heteroatoms. The molecule has 0 unspecified atom stereocenters. The van der Waals surface area contributed by atoms with E-state index in [1.165, 1.54) is 6.92 Å². The maximum atomic E-state index is 10.0. The molecule has 0 aromatic heterocycles. The molecule has 0 spiro atoms. The van der Waals surface area contributed by atoms with Gasteiger partial charge in [0.1, 0.15) is 6.29 Å². The lowest BCUT2D eigenvalue weighted by atomic mass is 10.9. The maximum Gasteiger partial charge on any atom is 0.186 e. The van der Waals surface area contributed by atoms with Gasteiger partial charge in [-0.2, -0.15) is 0 Å². The van der Waals surface area contributed by atoms with E-state index in [-0.39, 0.29) is 10.9 Å². The lowest BCUT2D eigenvalue weighted by Gasteiger charge is -1.80. The molecule has 0 aromatic rings. The fourth-order valence-corrected chi connectivity index (χ4v) is 0.454. The fourth-order valence-electron chi connectivity index (χ4n) is 0.151. The Balaban J connectivity index is 2.97. The first-order chi connectivity index (χ1) is 3.27. The summed E-state index contributed by atoms with van der Waals surface area (Å²) in [6, 6.07) is 0. The molecule has 0 radical (unpaired) electrons. The Morgan fingerprint density at radius 3 is 2.57 bits per heavy atom. The van der Waals surface area contributed by atoms with E-state index < -0.39 is 0 Å². The van der Waals surface area contributed by atoms with Gasteiger partial charge in [0.15, 0.2) is 5.12 Å². The Labute approximate surface area is 46.3 Å². The lowest BCUT2D eigenvalue weighted by molar-refractivity contribution is -0.109. The highest BCUT2D eigenvalue weighted by Gasteiger charge is 1.88. The number of carbonyl (C=O) groups excluding carboxylic acids is 2. The second-order valence-electron chi connectivity index (χ2n) is 0.969. The van der Waals surface area contributed by atoms with Gasteiger partial charge in [-0.25, -0.2) is 0 Å². The van der Waals surface area contributed by atoms with E-state index >= 15 is 0 Å². The van der Waals surface area contributed by atoms with E-state index in [1.54, 1.807) is 0 Å². The van der Waals surface area contributed by atoms with Gasteiger partial charge in [-0.05, 0) is 0 Å². The third-order valence-corrected chi connectivity index (χ3v) is 1.06. The molecular weight excluding hydrogens is 112 g/mol. The van der Waals surface area contributed by atoms with E-state index in [2.05, 4.69) is 0 Å². The van der Waals surface area contributed by atoms with Crippen LogP contribution in [0.3, 0.4) is 0 Å². The van der Waals surface area contributed by atoms with E-state index in [1.807, 2.05) is 0 Å². The van der Waals surface area contributed by atoms with Crippen LogP contribution < -0.4 is 0 Å². The zero-order valence-corrected chi connectivity index (χ0v) is 4.83. The first-order valence-electron chi connectivity index (χ1n) is 1.84. The van der Waals surface area contributed by atoms with E-state index in [0.717, 1.165) is 11.8 Å². The molecule has 0 rings (SSSR count). The highest BCUT2D eigenvalue weighted by Crippen LogP contribution is 1.95. The number of carbonyl (C=O) groups is 2. The highest BCUT2D eigenvalue weighted by molar-refractivity contribution is 8.14. The van der Waals surface area contributed by atoms with Crippen molar-refractivity contribution >= 4 is 23.2 Å². The van der Waals surface area contributed by atoms with Crippen LogP contribution in [0.2, 0.25) is 0 Å². The Morgan fingerprint density at radius 2 is 2.43 bits per heavy atom. The molecule has 0 atom stereocenters. The summed E-state index contributed by atoms with van der Waals surface area (Å²) in [5, 5.41) is -0.00731. The summed E-state index contributed by atoms with van der Waals surface area (Å²) in [6.07, 6.45) is 0.714. The summed E-state index contributed by atoms with van der Waals surface area (Å²) in [5.74, 6) is 0.287. The van der Waals surface area contributed by atoms with Crippen LogP contribution in [0.4, 0.5) is 0 Å². The number of thioether (sulfide) groups is 1. The van der Waals surface area contributed by atoms with Gasteiger partial charge in [0, 0.05) is 6.92 Å². The first-order valence-corrected chi connectivity index (χ1v) is 2.83. The van der Waals surface area contributed by atoms with E-state index in [0.29, 0.717) is 6.29 Å². The summed E-state index contributed by atoms with van der Waals surface area (Å²) in [7, 11) is 0. The van der Waals surface area contributed by atoms with Crippen molar-refractivity contribution in [3.63, 3.8) is 0 Å². The van der Waals surface area contributed by atoms with Crippen LogP contribution in [0, 0.1) is 0 Å². The topological polar surface area (TPSA) is 34.1 Å². The SMILES string of the molecule is CC(=O)SCC=O. The molecule has 0 heterocycles. The van der Waals surface area contributed by atoms with Crippen molar-refractivity contribution in [1.29, 1.82) is 0 Å². The van der Waals surface area contributed by atoms with E-state index in [9.17, 15) is 9.59 Å². The van der Waals surface area contributed by atoms with Crippen LogP contribution in [0.15, 0.2) is 0 Å². The lowest BCUT2D eigenvalue weighted by Crippen LogP contribution is -1.84. The molecule has 0 saturated carbocycles. The molecular formula is C4H6O2S. The molecule has 0 aliphatic carbocycles. The highest BCUT2D eigenvalue weighted by atomic mass is 32.2. The van der Waals surface area contributed by atoms with Crippen molar-refractivity contribution in [1.82, 2.24) is 0 Å². The van der Waals surface area contributed by atoms with Crippen LogP contribution in [0.5, 0.6) is 0 Å². The molecule has 0 bridgehead atoms. The van der Waals surface area contributed by atoms with Gasteiger partial charge < -0.3 is 4.79 Å². The Morgan fingerprint density at radius 1 is 1.86 bits per heavy atom. The predicted octanol–water partition coefficient (Wildman–Crippen LogP) is 0.465. The van der Waals surface area contributed by atoms with Crippen LogP contribution >= 0.6 is 11.8 Å². The normalized spacial score (nSPS) is 8.14. The Kier molecular flexibility index (Phi) is 3.69. The van der Waals surface area contributed by atoms with Crippen molar-refractivity contribution in [3.8, 4) is 0 Å². The van der Waals surface area contributed by atoms with Gasteiger partial charge in [-0.3, -0.25) is 4.79 Å². The van der Waals surface area contributed by atoms with Crippen molar-refractivity contribution in [2.75, 3.05) is 5.75 Å². The van der Waals surface area contributed by atoms with Gasteiger partial charge >= 0.3 is 0 Å². The molecule has 0 saturated heterocycles. The molecule has 2 nitrogen and oxygen atoms in total. The second-order valence-corrected chi connectivity index (χ2v) is 2.17. The molecule has 0 aromatic carbocycles. The summed E-state index contributed by atoms with van der Waals surface area (Å²) in [4.78, 5) is 19.5. The molecule has 7 heavy (non-hydrogen) atoms. The largest absolute Gasteiger partial charge is 0.302 e. The minimum atomic E-state index is -0.00731. The quantitative estimate of drug-likeness (QED) is 0.494. The monoisotopic (exact) mass is 118 g/mol. The van der Waals surface area contributed by atoms with Crippen molar-refractivity contribution < 1.29 is 9.59 Å². The third-order valence-electron chi connectivity index (χ3n) is 0.355. The number of hydrogen-bond acceptors (Lipinski definition) is 3. The second kappa shape index (κ2) is 3.87. The van der Waals surface area contributed by atoms with Gasteiger partial charge in [0.2, 0.25) is 0 Å². The first kappa shape index (κ1) is 6.69. The summed E-state index contributed by atoms with van der Waals surface area (Å²) < 4.78 is 0. The number of hydrogen-bond donors (Lipinski definition) is 0. The standard InChI is InChI=1S/C4H6O2S/c1-4(6)7-3-2-5/h2H,3H2,1H3. The molecule has 0 aliphatic heterocycles. The third kappa shape index (κ3) is 5.69. The fraction of sp³-hybridized carbons (Fsp3) is 0.500. The predicted molar refractivity (Wildman–Crippen MR) is 29.2 cm³/mol. The van der Waals surface area contributed by atoms with Crippen molar-refractivity contribution in [2.24, 2.45) is 0 Å². The smallest absolute Gasteiger partial charge is 0.186 e. The summed E-state index contributed by atoms with van der Waals surface area (Å²) >= 11 is 1.02. The molecule has 40 valence electrons. The van der Waals surface area contributed by atoms with Crippen LogP contribution in [0.1, 0.15) is 6.92 Å². The molecule has 0 aliphatic rings. The van der Waals surface area contributed by atoms with Crippen LogP contribution in [0.25, 0.3) is 0 Å². The van der Waals surface area contributed by atoms with Crippen molar-refractivity contribution in [2.45, 2.75) is 6.92 Å². The average molecular weight is 118 g/mol. The maximum absolute atomic E-state index is 10.0.